The first-order chi connectivity index (χ1) is 6.33. The molecule has 1 unspecified atom stereocenters. The second-order valence-corrected chi connectivity index (χ2v) is 4.13. The van der Waals surface area contributed by atoms with Gasteiger partial charge in [0, 0.05) is 18.6 Å². The molecule has 2 heteroatoms. The van der Waals surface area contributed by atoms with Crippen molar-refractivity contribution in [3.05, 3.63) is 24.3 Å². The van der Waals surface area contributed by atoms with Crippen LogP contribution in [0, 0.1) is 17.3 Å². The Bertz CT molecular complexity index is 244. The Morgan fingerprint density at radius 1 is 1.31 bits per heavy atom. The van der Waals surface area contributed by atoms with E-state index in [0.717, 1.165) is 12.8 Å². The molecule has 0 aliphatic heterocycles. The summed E-state index contributed by atoms with van der Waals surface area (Å²) in [5.41, 5.74) is -0.00396. The summed E-state index contributed by atoms with van der Waals surface area (Å²) in [5, 5.41) is 18.4. The van der Waals surface area contributed by atoms with Crippen molar-refractivity contribution in [2.24, 2.45) is 17.3 Å². The maximum atomic E-state index is 9.34. The number of hydrogen-bond donors (Lipinski definition) is 2. The Balaban J connectivity index is 2.06. The smallest absolute Gasteiger partial charge is 0.0496 e. The summed E-state index contributed by atoms with van der Waals surface area (Å²) in [4.78, 5) is 0. The molecule has 0 aromatic carbocycles. The molecule has 2 N–H and O–H groups in total. The van der Waals surface area contributed by atoms with Crippen LogP contribution in [0.3, 0.4) is 0 Å². The largest absolute Gasteiger partial charge is 0.396 e. The van der Waals surface area contributed by atoms with Gasteiger partial charge in [0.2, 0.25) is 0 Å². The number of hydrogen-bond acceptors (Lipinski definition) is 2. The highest BCUT2D eigenvalue weighted by molar-refractivity contribution is 5.19. The predicted molar refractivity (Wildman–Crippen MR) is 51.1 cm³/mol. The van der Waals surface area contributed by atoms with Crippen LogP contribution in [0.1, 0.15) is 12.8 Å². The first-order valence-electron chi connectivity index (χ1n) is 4.88. The number of aliphatic hydroxyl groups is 2. The van der Waals surface area contributed by atoms with Gasteiger partial charge in [-0.25, -0.2) is 0 Å². The highest BCUT2D eigenvalue weighted by atomic mass is 16.3. The predicted octanol–water partition coefficient (Wildman–Crippen LogP) is 1.11. The van der Waals surface area contributed by atoms with Crippen LogP contribution in [-0.2, 0) is 0 Å². The molecule has 72 valence electrons. The van der Waals surface area contributed by atoms with E-state index in [2.05, 4.69) is 12.2 Å². The molecule has 0 amide bonds. The quantitative estimate of drug-likeness (QED) is 0.683. The van der Waals surface area contributed by atoms with E-state index in [-0.39, 0.29) is 18.6 Å². The second kappa shape index (κ2) is 3.28. The minimum absolute atomic E-state index is 0.00396. The highest BCUT2D eigenvalue weighted by Crippen LogP contribution is 2.59. The lowest BCUT2D eigenvalue weighted by molar-refractivity contribution is 0.140. The summed E-state index contributed by atoms with van der Waals surface area (Å²) >= 11 is 0. The van der Waals surface area contributed by atoms with Crippen LogP contribution in [0.15, 0.2) is 24.3 Å². The third-order valence-electron chi connectivity index (χ3n) is 3.51. The molecule has 2 rings (SSSR count). The van der Waals surface area contributed by atoms with Crippen LogP contribution in [0.25, 0.3) is 0 Å². The molecule has 0 saturated heterocycles. The van der Waals surface area contributed by atoms with Crippen molar-refractivity contribution in [3.63, 3.8) is 0 Å². The van der Waals surface area contributed by atoms with Gasteiger partial charge >= 0.3 is 0 Å². The van der Waals surface area contributed by atoms with Crippen molar-refractivity contribution in [2.75, 3.05) is 13.2 Å². The van der Waals surface area contributed by atoms with Crippen molar-refractivity contribution < 1.29 is 10.2 Å². The van der Waals surface area contributed by atoms with E-state index in [4.69, 9.17) is 5.11 Å². The topological polar surface area (TPSA) is 40.5 Å². The summed E-state index contributed by atoms with van der Waals surface area (Å²) in [6, 6.07) is 0. The van der Waals surface area contributed by atoms with Crippen molar-refractivity contribution in [1.29, 1.82) is 0 Å². The van der Waals surface area contributed by atoms with Crippen molar-refractivity contribution in [3.8, 4) is 0 Å². The number of rotatable bonds is 3. The minimum atomic E-state index is -0.00396. The lowest BCUT2D eigenvalue weighted by Gasteiger charge is -2.23. The maximum absolute atomic E-state index is 9.34. The SMILES string of the molecule is OC[C@@H]1C[C@@]1(CO)C1C=CC=CC1. The van der Waals surface area contributed by atoms with Crippen molar-refractivity contribution in [1.82, 2.24) is 0 Å². The van der Waals surface area contributed by atoms with Gasteiger partial charge in [-0.3, -0.25) is 0 Å². The minimum Gasteiger partial charge on any atom is -0.396 e. The van der Waals surface area contributed by atoms with Gasteiger partial charge in [0.1, 0.15) is 0 Å². The lowest BCUT2D eigenvalue weighted by atomic mass is 9.83. The van der Waals surface area contributed by atoms with Crippen molar-refractivity contribution >= 4 is 0 Å². The summed E-state index contributed by atoms with van der Waals surface area (Å²) in [6.45, 7) is 0.426. The van der Waals surface area contributed by atoms with Crippen LogP contribution in [-0.4, -0.2) is 23.4 Å². The molecule has 2 aliphatic rings. The highest BCUT2D eigenvalue weighted by Gasteiger charge is 2.56. The zero-order valence-electron chi connectivity index (χ0n) is 7.69. The van der Waals surface area contributed by atoms with E-state index in [1.807, 2.05) is 12.2 Å². The molecule has 3 atom stereocenters. The lowest BCUT2D eigenvalue weighted by Crippen LogP contribution is -2.22. The van der Waals surface area contributed by atoms with E-state index in [1.54, 1.807) is 0 Å². The average Bonchev–Trinajstić information content (AvgIpc) is 2.94. The van der Waals surface area contributed by atoms with Gasteiger partial charge in [0.05, 0.1) is 0 Å². The Morgan fingerprint density at radius 2 is 2.15 bits per heavy atom. The van der Waals surface area contributed by atoms with Gasteiger partial charge < -0.3 is 10.2 Å². The second-order valence-electron chi connectivity index (χ2n) is 4.13. The Hall–Kier alpha value is -0.600. The molecular formula is C11H16O2. The molecule has 0 aromatic heterocycles. The zero-order valence-corrected chi connectivity index (χ0v) is 7.69. The molecule has 0 radical (unpaired) electrons. The van der Waals surface area contributed by atoms with E-state index in [1.165, 1.54) is 0 Å². The molecular weight excluding hydrogens is 164 g/mol. The Morgan fingerprint density at radius 3 is 2.62 bits per heavy atom. The molecule has 0 aromatic rings. The van der Waals surface area contributed by atoms with Gasteiger partial charge in [0.15, 0.2) is 0 Å². The summed E-state index contributed by atoms with van der Waals surface area (Å²) in [5.74, 6) is 0.748. The van der Waals surface area contributed by atoms with E-state index < -0.39 is 0 Å². The summed E-state index contributed by atoms with van der Waals surface area (Å²) in [6.07, 6.45) is 10.4. The van der Waals surface area contributed by atoms with Gasteiger partial charge in [-0.15, -0.1) is 0 Å². The molecule has 13 heavy (non-hydrogen) atoms. The van der Waals surface area contributed by atoms with Crippen LogP contribution < -0.4 is 0 Å². The molecule has 1 saturated carbocycles. The molecule has 0 spiro atoms. The first-order valence-corrected chi connectivity index (χ1v) is 4.88. The average molecular weight is 180 g/mol. The van der Waals surface area contributed by atoms with Gasteiger partial charge in [-0.2, -0.15) is 0 Å². The standard InChI is InChI=1S/C11H16O2/c12-7-10-6-11(10,8-13)9-4-2-1-3-5-9/h1-4,9-10,12-13H,5-8H2/t9?,10-,11+/m0/s1. The normalized spacial score (nSPS) is 42.3. The molecule has 0 heterocycles. The van der Waals surface area contributed by atoms with E-state index in [0.29, 0.717) is 11.8 Å². The first kappa shape index (κ1) is 8.97. The fourth-order valence-electron chi connectivity index (χ4n) is 2.42. The third-order valence-corrected chi connectivity index (χ3v) is 3.51. The van der Waals surface area contributed by atoms with Gasteiger partial charge in [-0.1, -0.05) is 24.3 Å². The van der Waals surface area contributed by atoms with E-state index in [9.17, 15) is 5.11 Å². The van der Waals surface area contributed by atoms with Gasteiger partial charge in [-0.05, 0) is 24.7 Å². The molecule has 2 aliphatic carbocycles. The molecule has 0 bridgehead atoms. The number of aliphatic hydroxyl groups excluding tert-OH is 2. The van der Waals surface area contributed by atoms with Crippen molar-refractivity contribution in [2.45, 2.75) is 12.8 Å². The van der Waals surface area contributed by atoms with Gasteiger partial charge in [0.25, 0.3) is 0 Å². The maximum Gasteiger partial charge on any atom is 0.0496 e. The van der Waals surface area contributed by atoms with Crippen LogP contribution in [0.5, 0.6) is 0 Å². The third kappa shape index (κ3) is 1.34. The monoisotopic (exact) mass is 180 g/mol. The van der Waals surface area contributed by atoms with Crippen LogP contribution in [0.4, 0.5) is 0 Å². The fraction of sp³-hybridized carbons (Fsp3) is 0.636. The van der Waals surface area contributed by atoms with E-state index >= 15 is 0 Å². The molecule has 2 nitrogen and oxygen atoms in total. The Kier molecular flexibility index (Phi) is 2.26. The fourth-order valence-corrected chi connectivity index (χ4v) is 2.42. The summed E-state index contributed by atoms with van der Waals surface area (Å²) < 4.78 is 0. The van der Waals surface area contributed by atoms with Crippen LogP contribution >= 0.6 is 0 Å². The van der Waals surface area contributed by atoms with Crippen LogP contribution in [0.2, 0.25) is 0 Å². The number of allylic oxidation sites excluding steroid dienone is 4. The molecule has 1 fully saturated rings. The zero-order chi connectivity index (χ0) is 9.31. The summed E-state index contributed by atoms with van der Waals surface area (Å²) in [7, 11) is 0. The Labute approximate surface area is 78.6 Å².